The molecule has 0 aliphatic carbocycles. The van der Waals surface area contributed by atoms with E-state index in [1.807, 2.05) is 5.32 Å². The minimum absolute atomic E-state index is 0.0285. The van der Waals surface area contributed by atoms with Gasteiger partial charge in [-0.05, 0) is 24.3 Å². The van der Waals surface area contributed by atoms with Crippen molar-refractivity contribution in [1.29, 1.82) is 0 Å². The molecule has 2 aromatic rings. The predicted molar refractivity (Wildman–Crippen MR) is 88.7 cm³/mol. The van der Waals surface area contributed by atoms with Gasteiger partial charge >= 0.3 is 12.6 Å². The fraction of sp³-hybridized carbons (Fsp3) is 0.250. The Balaban J connectivity index is 1.82. The van der Waals surface area contributed by atoms with Gasteiger partial charge in [-0.3, -0.25) is 14.9 Å². The standard InChI is InChI=1S/C16H14F2N2O6S/c1-24-7-13-19-11(8-27-13)15(23)25-6-12(21)20-14(22)9-2-4-10(5-3-9)26-16(17)18/h2-5,8,16H,6-7H2,1H3,(H,20,21,22). The highest BCUT2D eigenvalue weighted by molar-refractivity contribution is 7.09. The molecule has 0 fully saturated rings. The number of nitrogens with zero attached hydrogens (tertiary/aromatic N) is 1. The molecule has 0 aliphatic rings. The average molecular weight is 400 g/mol. The zero-order valence-corrected chi connectivity index (χ0v) is 14.8. The number of thiazole rings is 1. The van der Waals surface area contributed by atoms with Crippen molar-refractivity contribution >= 4 is 29.1 Å². The maximum atomic E-state index is 12.1. The molecular formula is C16H14F2N2O6S. The van der Waals surface area contributed by atoms with Gasteiger partial charge in [0.1, 0.15) is 10.8 Å². The summed E-state index contributed by atoms with van der Waals surface area (Å²) in [7, 11) is 1.49. The lowest BCUT2D eigenvalue weighted by Gasteiger charge is -2.07. The molecule has 0 spiro atoms. The lowest BCUT2D eigenvalue weighted by molar-refractivity contribution is -0.123. The first-order chi connectivity index (χ1) is 12.9. The molecule has 1 heterocycles. The fourth-order valence-corrected chi connectivity index (χ4v) is 2.56. The highest BCUT2D eigenvalue weighted by atomic mass is 32.1. The van der Waals surface area contributed by atoms with Gasteiger partial charge in [0, 0.05) is 18.1 Å². The third-order valence-corrected chi connectivity index (χ3v) is 3.78. The third-order valence-electron chi connectivity index (χ3n) is 2.96. The average Bonchev–Trinajstić information content (AvgIpc) is 3.09. The van der Waals surface area contributed by atoms with Crippen molar-refractivity contribution in [1.82, 2.24) is 10.3 Å². The number of rotatable bonds is 8. The van der Waals surface area contributed by atoms with Crippen LogP contribution in [0.5, 0.6) is 5.75 Å². The Hall–Kier alpha value is -2.92. The van der Waals surface area contributed by atoms with E-state index < -0.39 is 31.0 Å². The van der Waals surface area contributed by atoms with Crippen molar-refractivity contribution in [2.24, 2.45) is 0 Å². The predicted octanol–water partition coefficient (Wildman–Crippen LogP) is 2.00. The molecule has 0 radical (unpaired) electrons. The van der Waals surface area contributed by atoms with Gasteiger partial charge in [0.05, 0.1) is 6.61 Å². The highest BCUT2D eigenvalue weighted by Crippen LogP contribution is 2.15. The van der Waals surface area contributed by atoms with E-state index in [-0.39, 0.29) is 23.6 Å². The lowest BCUT2D eigenvalue weighted by atomic mass is 10.2. The second-order valence-electron chi connectivity index (χ2n) is 4.92. The number of methoxy groups -OCH3 is 1. The van der Waals surface area contributed by atoms with Crippen molar-refractivity contribution in [3.63, 3.8) is 0 Å². The van der Waals surface area contributed by atoms with Crippen LogP contribution in [0.1, 0.15) is 25.9 Å². The maximum absolute atomic E-state index is 12.1. The van der Waals surface area contributed by atoms with E-state index in [0.717, 1.165) is 12.1 Å². The van der Waals surface area contributed by atoms with Crippen LogP contribution in [-0.4, -0.2) is 43.1 Å². The number of nitrogens with one attached hydrogen (secondary N) is 1. The fourth-order valence-electron chi connectivity index (χ4n) is 1.82. The maximum Gasteiger partial charge on any atom is 0.387 e. The summed E-state index contributed by atoms with van der Waals surface area (Å²) in [5, 5.41) is 4.04. The van der Waals surface area contributed by atoms with Crippen LogP contribution in [0.25, 0.3) is 0 Å². The number of imide groups is 1. The molecule has 11 heteroatoms. The van der Waals surface area contributed by atoms with Crippen LogP contribution < -0.4 is 10.1 Å². The van der Waals surface area contributed by atoms with Gasteiger partial charge in [-0.25, -0.2) is 9.78 Å². The molecule has 0 saturated heterocycles. The van der Waals surface area contributed by atoms with Gasteiger partial charge < -0.3 is 14.2 Å². The molecule has 1 N–H and O–H groups in total. The van der Waals surface area contributed by atoms with Gasteiger partial charge in [-0.2, -0.15) is 8.78 Å². The molecule has 0 bridgehead atoms. The summed E-state index contributed by atoms with van der Waals surface area (Å²) < 4.78 is 37.9. The Kier molecular flexibility index (Phi) is 7.32. The van der Waals surface area contributed by atoms with Gasteiger partial charge in [0.15, 0.2) is 12.3 Å². The number of ether oxygens (including phenoxy) is 3. The number of carbonyl (C=O) groups is 3. The Morgan fingerprint density at radius 2 is 1.93 bits per heavy atom. The second kappa shape index (κ2) is 9.69. The molecule has 2 rings (SSSR count). The molecule has 2 amide bonds. The van der Waals surface area contributed by atoms with Gasteiger partial charge in [0.25, 0.3) is 11.8 Å². The Bertz CT molecular complexity index is 809. The molecule has 144 valence electrons. The molecule has 27 heavy (non-hydrogen) atoms. The number of alkyl halides is 2. The second-order valence-corrected chi connectivity index (χ2v) is 5.86. The van der Waals surface area contributed by atoms with Gasteiger partial charge in [0.2, 0.25) is 0 Å². The normalized spacial score (nSPS) is 10.5. The van der Waals surface area contributed by atoms with E-state index in [0.29, 0.717) is 5.01 Å². The molecule has 0 aliphatic heterocycles. The number of hydrogen-bond acceptors (Lipinski definition) is 8. The van der Waals surface area contributed by atoms with Crippen molar-refractivity contribution in [2.45, 2.75) is 13.2 Å². The smallest absolute Gasteiger partial charge is 0.387 e. The van der Waals surface area contributed by atoms with Crippen LogP contribution in [0.3, 0.4) is 0 Å². The molecule has 1 aromatic heterocycles. The van der Waals surface area contributed by atoms with Crippen molar-refractivity contribution < 1.29 is 37.4 Å². The van der Waals surface area contributed by atoms with Crippen LogP contribution in [0.2, 0.25) is 0 Å². The van der Waals surface area contributed by atoms with Crippen LogP contribution in [0.4, 0.5) is 8.78 Å². The zero-order chi connectivity index (χ0) is 19.8. The van der Waals surface area contributed by atoms with Gasteiger partial charge in [-0.15, -0.1) is 11.3 Å². The van der Waals surface area contributed by atoms with Crippen molar-refractivity contribution in [3.05, 3.63) is 45.9 Å². The molecule has 1 aromatic carbocycles. The van der Waals surface area contributed by atoms with E-state index in [9.17, 15) is 23.2 Å². The highest BCUT2D eigenvalue weighted by Gasteiger charge is 2.16. The van der Waals surface area contributed by atoms with E-state index in [1.165, 1.54) is 36.0 Å². The first kappa shape index (κ1) is 20.4. The summed E-state index contributed by atoms with van der Waals surface area (Å²) in [5.74, 6) is -2.58. The number of esters is 1. The van der Waals surface area contributed by atoms with Gasteiger partial charge in [-0.1, -0.05) is 0 Å². The molecule has 0 atom stereocenters. The van der Waals surface area contributed by atoms with E-state index in [4.69, 9.17) is 9.47 Å². The monoisotopic (exact) mass is 400 g/mol. The molecular weight excluding hydrogens is 386 g/mol. The first-order valence-corrected chi connectivity index (χ1v) is 8.26. The number of halogens is 2. The summed E-state index contributed by atoms with van der Waals surface area (Å²) in [4.78, 5) is 39.4. The minimum atomic E-state index is -2.98. The van der Waals surface area contributed by atoms with Crippen LogP contribution in [-0.2, 0) is 20.9 Å². The van der Waals surface area contributed by atoms with Crippen LogP contribution >= 0.6 is 11.3 Å². The summed E-state index contributed by atoms with van der Waals surface area (Å²) >= 11 is 1.20. The van der Waals surface area contributed by atoms with E-state index in [1.54, 1.807) is 0 Å². The van der Waals surface area contributed by atoms with Crippen LogP contribution in [0.15, 0.2) is 29.6 Å². The largest absolute Gasteiger partial charge is 0.451 e. The lowest BCUT2D eigenvalue weighted by Crippen LogP contribution is -2.34. The van der Waals surface area contributed by atoms with Crippen molar-refractivity contribution in [2.75, 3.05) is 13.7 Å². The number of hydrogen-bond donors (Lipinski definition) is 1. The quantitative estimate of drug-likeness (QED) is 0.676. The van der Waals surface area contributed by atoms with E-state index >= 15 is 0 Å². The zero-order valence-electron chi connectivity index (χ0n) is 13.9. The summed E-state index contributed by atoms with van der Waals surface area (Å²) in [6, 6.07) is 4.73. The number of aromatic nitrogens is 1. The number of carbonyl (C=O) groups excluding carboxylic acids is 3. The number of benzene rings is 1. The Morgan fingerprint density at radius 1 is 1.22 bits per heavy atom. The summed E-state index contributed by atoms with van der Waals surface area (Å²) in [6.07, 6.45) is 0. The Labute approximate surface area is 156 Å². The van der Waals surface area contributed by atoms with Crippen LogP contribution in [0, 0.1) is 0 Å². The third kappa shape index (κ3) is 6.38. The molecule has 0 unspecified atom stereocenters. The first-order valence-electron chi connectivity index (χ1n) is 7.38. The summed E-state index contributed by atoms with van der Waals surface area (Å²) in [5.41, 5.74) is 0.0702. The minimum Gasteiger partial charge on any atom is -0.451 e. The Morgan fingerprint density at radius 3 is 2.56 bits per heavy atom. The SMILES string of the molecule is COCc1nc(C(=O)OCC(=O)NC(=O)c2ccc(OC(F)F)cc2)cs1. The topological polar surface area (TPSA) is 104 Å². The van der Waals surface area contributed by atoms with Crippen molar-refractivity contribution in [3.8, 4) is 5.75 Å². The molecule has 0 saturated carbocycles. The van der Waals surface area contributed by atoms with E-state index in [2.05, 4.69) is 9.72 Å². The molecule has 8 nitrogen and oxygen atoms in total. The number of amides is 2. The summed E-state index contributed by atoms with van der Waals surface area (Å²) in [6.45, 7) is -3.42.